The highest BCUT2D eigenvalue weighted by Gasteiger charge is 2.50. The topological polar surface area (TPSA) is 381 Å². The van der Waals surface area contributed by atoms with Crippen molar-refractivity contribution in [3.8, 4) is 0 Å². The number of imidazole rings is 1. The largest absolute Gasteiger partial charge is 0.481 e. The second-order valence-corrected chi connectivity index (χ2v) is 24.9. The third kappa shape index (κ3) is 15.1. The minimum atomic E-state index is -5.60. The van der Waals surface area contributed by atoms with Crippen LogP contribution in [0.3, 0.4) is 0 Å². The van der Waals surface area contributed by atoms with Crippen molar-refractivity contribution in [3.05, 3.63) is 89.0 Å². The van der Waals surface area contributed by atoms with Crippen LogP contribution in [0.25, 0.3) is 17.2 Å². The van der Waals surface area contributed by atoms with Gasteiger partial charge >= 0.3 is 23.5 Å². The molecule has 2 amide bonds. The molecule has 7 unspecified atom stereocenters. The van der Waals surface area contributed by atoms with E-state index in [2.05, 4.69) is 68.2 Å². The fourth-order valence-corrected chi connectivity index (χ4v) is 11.6. The average Bonchev–Trinajstić information content (AvgIpc) is 3.89. The lowest BCUT2D eigenvalue weighted by atomic mass is 9.63. The van der Waals surface area contributed by atoms with Crippen LogP contribution in [0.4, 0.5) is 5.82 Å². The van der Waals surface area contributed by atoms with Crippen LogP contribution in [0, 0.1) is 5.41 Å². The number of nitrogen functional groups attached to an aromatic ring is 1. The van der Waals surface area contributed by atoms with Crippen LogP contribution >= 0.6 is 35.2 Å². The van der Waals surface area contributed by atoms with Crippen molar-refractivity contribution in [1.82, 2.24) is 30.2 Å². The zero-order valence-corrected chi connectivity index (χ0v) is 44.6. The predicted molar refractivity (Wildman–Crippen MR) is 268 cm³/mol. The minimum absolute atomic E-state index is 0.0227. The van der Waals surface area contributed by atoms with Gasteiger partial charge in [-0.25, -0.2) is 28.6 Å². The van der Waals surface area contributed by atoms with E-state index in [-0.39, 0.29) is 64.0 Å². The van der Waals surface area contributed by atoms with Crippen molar-refractivity contribution in [2.45, 2.75) is 102 Å². The quantitative estimate of drug-likeness (QED) is 0.0217. The number of phosphoric acid groups is 3. The highest BCUT2D eigenvalue weighted by Crippen LogP contribution is 2.61. The monoisotopic (exact) mass is 1110 g/mol. The summed E-state index contributed by atoms with van der Waals surface area (Å²) in [6.07, 6.45) is -1.74. The van der Waals surface area contributed by atoms with Crippen LogP contribution in [-0.4, -0.2) is 128 Å². The number of benzene rings is 2. The van der Waals surface area contributed by atoms with E-state index in [1.54, 1.807) is 30.3 Å². The summed E-state index contributed by atoms with van der Waals surface area (Å²) in [5.74, 6) is -1.42. The Hall–Kier alpha value is -4.59. The summed E-state index contributed by atoms with van der Waals surface area (Å²) >= 11 is 0.983. The fourth-order valence-electron chi connectivity index (χ4n) is 8.10. The molecule has 1 saturated heterocycles. The number of hydrogen-bond acceptors (Lipinski definition) is 19. The Kier molecular flexibility index (Phi) is 18.5. The summed E-state index contributed by atoms with van der Waals surface area (Å²) < 4.78 is 62.6. The number of aromatic nitrogens is 4. The molecule has 1 fully saturated rings. The standard InChI is InChI=1S/C45H60N7O18P3S/c1-43(2)16-17-44(3,4)30-21-28(12-13-29(30)43)31(53)14-9-26-7-10-27(11-8-26)42(58)74-20-19-47-33(54)15-18-48-40(57)37(56)45(5,6)23-67-73(64,65)70-72(62,63)66-22-32-36(69-71(59,60)61)35(55)41(68-32)52-25-51-34-38(46)49-24-50-39(34)52/h7-14,21,24-25,32,35-37,41,55-56H,15-20,22-23H2,1-6H3,(H,47,54)(H,48,57)(H,62,63)(H,64,65)(H2,46,49,50)(H2,59,60,61)/b14-9+. The number of fused-ring (bicyclic) bond motifs is 2. The summed E-state index contributed by atoms with van der Waals surface area (Å²) in [6.45, 7) is 9.18. The number of hydrogen-bond donors (Lipinski definition) is 9. The number of nitrogens with zero attached hydrogens (tertiary/aromatic N) is 4. The smallest absolute Gasteiger partial charge is 0.386 e. The molecule has 4 aromatic rings. The molecule has 404 valence electrons. The summed E-state index contributed by atoms with van der Waals surface area (Å²) in [5.41, 5.74) is 8.50. The second-order valence-electron chi connectivity index (χ2n) is 19.6. The molecule has 7 atom stereocenters. The molecule has 2 aromatic heterocycles. The van der Waals surface area contributed by atoms with Crippen molar-refractivity contribution >= 4 is 81.0 Å². The SMILES string of the molecule is CC1(C)CCC(C)(C)c2cc(C(=O)/C=C/c3ccc(C(=O)SCCNC(=O)CCNC(=O)C(O)C(C)(C)COP(=O)(O)OP(=O)(O)OCC4OC(n5cnc6c(N)ncnc65)C(O)C4OP(=O)(O)O)cc3)ccc21. The van der Waals surface area contributed by atoms with E-state index >= 15 is 0 Å². The van der Waals surface area contributed by atoms with E-state index in [0.717, 1.165) is 47.4 Å². The van der Waals surface area contributed by atoms with E-state index in [1.165, 1.54) is 31.1 Å². The number of rotatable bonds is 23. The number of ketones is 1. The number of nitrogens with one attached hydrogen (secondary N) is 2. The highest BCUT2D eigenvalue weighted by molar-refractivity contribution is 8.14. The van der Waals surface area contributed by atoms with E-state index in [4.69, 9.17) is 19.5 Å². The van der Waals surface area contributed by atoms with Crippen LogP contribution in [-0.2, 0) is 56.7 Å². The van der Waals surface area contributed by atoms with Crippen LogP contribution in [0.2, 0.25) is 0 Å². The first-order valence-electron chi connectivity index (χ1n) is 22.9. The number of nitrogens with two attached hydrogens (primary N) is 1. The zero-order valence-electron chi connectivity index (χ0n) is 41.1. The summed E-state index contributed by atoms with van der Waals surface area (Å²) in [5, 5.41) is 26.4. The molecule has 6 rings (SSSR count). The fraction of sp³-hybridized carbons (Fsp3) is 0.489. The van der Waals surface area contributed by atoms with Gasteiger partial charge in [-0.15, -0.1) is 0 Å². The zero-order chi connectivity index (χ0) is 54.6. The van der Waals surface area contributed by atoms with Crippen molar-refractivity contribution < 1.29 is 85.3 Å². The van der Waals surface area contributed by atoms with Gasteiger partial charge in [0.1, 0.15) is 36.3 Å². The van der Waals surface area contributed by atoms with Gasteiger partial charge in [0, 0.05) is 41.8 Å². The van der Waals surface area contributed by atoms with Gasteiger partial charge in [-0.05, 0) is 64.6 Å². The van der Waals surface area contributed by atoms with Gasteiger partial charge < -0.3 is 50.9 Å². The number of aliphatic hydroxyl groups excluding tert-OH is 2. The lowest BCUT2D eigenvalue weighted by Gasteiger charge is -2.42. The predicted octanol–water partition coefficient (Wildman–Crippen LogP) is 4.22. The molecule has 2 aliphatic rings. The summed E-state index contributed by atoms with van der Waals surface area (Å²) in [4.78, 5) is 102. The van der Waals surface area contributed by atoms with Gasteiger partial charge in [0.05, 0.1) is 19.5 Å². The summed E-state index contributed by atoms with van der Waals surface area (Å²) in [7, 11) is -16.5. The number of aliphatic hydroxyl groups is 2. The van der Waals surface area contributed by atoms with Crippen LogP contribution < -0.4 is 16.4 Å². The molecule has 25 nitrogen and oxygen atoms in total. The Balaban J connectivity index is 0.885. The van der Waals surface area contributed by atoms with Crippen LogP contribution in [0.15, 0.2) is 61.2 Å². The van der Waals surface area contributed by atoms with Crippen LogP contribution in [0.1, 0.15) is 104 Å². The molecular formula is C45H60N7O18P3S. The number of carbonyl (C=O) groups is 4. The molecule has 10 N–H and O–H groups in total. The molecule has 2 aromatic carbocycles. The molecule has 3 heterocycles. The Labute approximate surface area is 429 Å². The normalized spacial score (nSPS) is 21.6. The molecule has 1 aliphatic carbocycles. The van der Waals surface area contributed by atoms with E-state index < -0.39 is 84.6 Å². The molecular weight excluding hydrogens is 1050 g/mol. The number of thioether (sulfide) groups is 1. The van der Waals surface area contributed by atoms with Gasteiger partial charge in [-0.1, -0.05) is 83.6 Å². The third-order valence-corrected chi connectivity index (χ3v) is 16.5. The highest BCUT2D eigenvalue weighted by atomic mass is 32.2. The maximum Gasteiger partial charge on any atom is 0.481 e. The lowest BCUT2D eigenvalue weighted by Crippen LogP contribution is -2.46. The first-order chi connectivity index (χ1) is 34.4. The second kappa shape index (κ2) is 23.3. The van der Waals surface area contributed by atoms with E-state index in [0.29, 0.717) is 11.1 Å². The molecule has 29 heteroatoms. The number of anilines is 1. The number of phosphoric ester groups is 3. The molecule has 0 spiro atoms. The maximum absolute atomic E-state index is 13.1. The number of carbonyl (C=O) groups excluding carboxylic acids is 4. The first kappa shape index (κ1) is 58.7. The van der Waals surface area contributed by atoms with Crippen molar-refractivity contribution in [3.63, 3.8) is 0 Å². The van der Waals surface area contributed by atoms with Gasteiger partial charge in [0.25, 0.3) is 0 Å². The first-order valence-corrected chi connectivity index (χ1v) is 28.4. The lowest BCUT2D eigenvalue weighted by molar-refractivity contribution is -0.137. The Morgan fingerprint density at radius 2 is 1.57 bits per heavy atom. The van der Waals surface area contributed by atoms with Crippen LogP contribution in [0.5, 0.6) is 0 Å². The van der Waals surface area contributed by atoms with E-state index in [9.17, 15) is 62.7 Å². The Bertz CT molecular complexity index is 2910. The Morgan fingerprint density at radius 3 is 2.24 bits per heavy atom. The third-order valence-electron chi connectivity index (χ3n) is 12.4. The molecule has 74 heavy (non-hydrogen) atoms. The van der Waals surface area contributed by atoms with Gasteiger partial charge in [-0.3, -0.25) is 37.3 Å². The Morgan fingerprint density at radius 1 is 0.919 bits per heavy atom. The van der Waals surface area contributed by atoms with E-state index in [1.807, 2.05) is 12.1 Å². The van der Waals surface area contributed by atoms with Crippen molar-refractivity contribution in [1.29, 1.82) is 0 Å². The molecule has 0 bridgehead atoms. The number of allylic oxidation sites excluding steroid dienone is 1. The number of ether oxygens (including phenoxy) is 1. The van der Waals surface area contributed by atoms with Crippen molar-refractivity contribution in [2.24, 2.45) is 5.41 Å². The number of amides is 2. The summed E-state index contributed by atoms with van der Waals surface area (Å²) in [6, 6.07) is 12.7. The molecule has 0 radical (unpaired) electrons. The van der Waals surface area contributed by atoms with Crippen molar-refractivity contribution in [2.75, 3.05) is 37.8 Å². The minimum Gasteiger partial charge on any atom is -0.386 e. The molecule has 0 saturated carbocycles. The molecule has 1 aliphatic heterocycles. The maximum atomic E-state index is 13.1. The van der Waals surface area contributed by atoms with Gasteiger partial charge in [-0.2, -0.15) is 4.31 Å². The van der Waals surface area contributed by atoms with Gasteiger partial charge in [0.2, 0.25) is 16.9 Å². The van der Waals surface area contributed by atoms with Gasteiger partial charge in [0.15, 0.2) is 23.5 Å². The average molecular weight is 1110 g/mol.